The van der Waals surface area contributed by atoms with Crippen molar-refractivity contribution in [3.05, 3.63) is 47.1 Å². The Morgan fingerprint density at radius 1 is 1.35 bits per heavy atom. The highest BCUT2D eigenvalue weighted by Gasteiger charge is 2.28. The third-order valence-corrected chi connectivity index (χ3v) is 4.00. The molecule has 1 aliphatic heterocycles. The summed E-state index contributed by atoms with van der Waals surface area (Å²) < 4.78 is 5.23. The maximum absolute atomic E-state index is 12.7. The largest absolute Gasteiger partial charge is 0.366 e. The van der Waals surface area contributed by atoms with Gasteiger partial charge in [0.15, 0.2) is 5.82 Å². The number of aromatic nitrogens is 2. The molecule has 1 fully saturated rings. The lowest BCUT2D eigenvalue weighted by atomic mass is 9.97. The number of hydrogen-bond acceptors (Lipinski definition) is 5. The van der Waals surface area contributed by atoms with Gasteiger partial charge in [-0.05, 0) is 38.0 Å². The number of carbonyl (C=O) groups excluding carboxylic acids is 2. The van der Waals surface area contributed by atoms with Crippen LogP contribution in [0.4, 0.5) is 0 Å². The zero-order valence-electron chi connectivity index (χ0n) is 12.9. The molecule has 1 aromatic heterocycles. The van der Waals surface area contributed by atoms with Gasteiger partial charge >= 0.3 is 0 Å². The monoisotopic (exact) mass is 314 g/mol. The lowest BCUT2D eigenvalue weighted by Crippen LogP contribution is -2.39. The second-order valence-electron chi connectivity index (χ2n) is 5.72. The van der Waals surface area contributed by atoms with Crippen molar-refractivity contribution in [3.8, 4) is 0 Å². The van der Waals surface area contributed by atoms with Gasteiger partial charge in [0, 0.05) is 24.2 Å². The first-order valence-corrected chi connectivity index (χ1v) is 7.54. The van der Waals surface area contributed by atoms with E-state index in [2.05, 4.69) is 10.1 Å². The first-order chi connectivity index (χ1) is 11.0. The van der Waals surface area contributed by atoms with Crippen LogP contribution in [-0.2, 0) is 0 Å². The fraction of sp³-hybridized carbons (Fsp3) is 0.375. The second-order valence-corrected chi connectivity index (χ2v) is 5.72. The molecular weight excluding hydrogens is 296 g/mol. The predicted molar refractivity (Wildman–Crippen MR) is 81.9 cm³/mol. The lowest BCUT2D eigenvalue weighted by Gasteiger charge is -2.31. The van der Waals surface area contributed by atoms with Crippen LogP contribution < -0.4 is 5.73 Å². The standard InChI is InChI=1S/C16H18N4O3/c1-10-18-15(23-19-10)13-6-3-7-20(9-13)16(22)12-5-2-4-11(8-12)14(17)21/h2,4-5,8,13H,3,6-7,9H2,1H3,(H2,17,21). The van der Waals surface area contributed by atoms with Gasteiger partial charge in [0.25, 0.3) is 5.91 Å². The Bertz CT molecular complexity index is 740. The highest BCUT2D eigenvalue weighted by Crippen LogP contribution is 2.26. The minimum Gasteiger partial charge on any atom is -0.366 e. The van der Waals surface area contributed by atoms with Crippen LogP contribution in [0.5, 0.6) is 0 Å². The molecular formula is C16H18N4O3. The van der Waals surface area contributed by atoms with E-state index >= 15 is 0 Å². The van der Waals surface area contributed by atoms with Crippen LogP contribution >= 0.6 is 0 Å². The van der Waals surface area contributed by atoms with Gasteiger partial charge in [0.05, 0.1) is 5.92 Å². The molecule has 7 heteroatoms. The molecule has 120 valence electrons. The molecule has 2 aromatic rings. The van der Waals surface area contributed by atoms with Crippen molar-refractivity contribution in [2.24, 2.45) is 5.73 Å². The van der Waals surface area contributed by atoms with Gasteiger partial charge in [-0.2, -0.15) is 4.98 Å². The molecule has 0 aliphatic carbocycles. The summed E-state index contributed by atoms with van der Waals surface area (Å²) in [5.74, 6) is 0.559. The molecule has 0 spiro atoms. The van der Waals surface area contributed by atoms with Crippen molar-refractivity contribution in [1.29, 1.82) is 0 Å². The first-order valence-electron chi connectivity index (χ1n) is 7.54. The second kappa shape index (κ2) is 6.20. The van der Waals surface area contributed by atoms with Crippen molar-refractivity contribution in [2.75, 3.05) is 13.1 Å². The summed E-state index contributed by atoms with van der Waals surface area (Å²) >= 11 is 0. The summed E-state index contributed by atoms with van der Waals surface area (Å²) in [6, 6.07) is 6.48. The van der Waals surface area contributed by atoms with E-state index in [1.807, 2.05) is 0 Å². The predicted octanol–water partition coefficient (Wildman–Crippen LogP) is 1.50. The van der Waals surface area contributed by atoms with Crippen molar-refractivity contribution >= 4 is 11.8 Å². The first kappa shape index (κ1) is 15.2. The molecule has 1 atom stereocenters. The fourth-order valence-electron chi connectivity index (χ4n) is 2.83. The van der Waals surface area contributed by atoms with E-state index in [1.54, 1.807) is 30.0 Å². The third-order valence-electron chi connectivity index (χ3n) is 4.00. The molecule has 1 unspecified atom stereocenters. The molecule has 0 saturated carbocycles. The third kappa shape index (κ3) is 3.23. The van der Waals surface area contributed by atoms with Crippen LogP contribution in [-0.4, -0.2) is 39.9 Å². The highest BCUT2D eigenvalue weighted by atomic mass is 16.5. The molecule has 3 rings (SSSR count). The minimum absolute atomic E-state index is 0.0493. The molecule has 1 aromatic carbocycles. The van der Waals surface area contributed by atoms with Gasteiger partial charge in [-0.3, -0.25) is 9.59 Å². The van der Waals surface area contributed by atoms with E-state index in [4.69, 9.17) is 10.3 Å². The number of likely N-dealkylation sites (tertiary alicyclic amines) is 1. The Morgan fingerprint density at radius 2 is 2.13 bits per heavy atom. The average molecular weight is 314 g/mol. The number of benzene rings is 1. The van der Waals surface area contributed by atoms with E-state index in [0.717, 1.165) is 12.8 Å². The van der Waals surface area contributed by atoms with Gasteiger partial charge in [-0.25, -0.2) is 0 Å². The maximum atomic E-state index is 12.7. The Balaban J connectivity index is 1.77. The zero-order chi connectivity index (χ0) is 16.4. The van der Waals surface area contributed by atoms with Crippen LogP contribution in [0, 0.1) is 6.92 Å². The number of carbonyl (C=O) groups is 2. The minimum atomic E-state index is -0.544. The molecule has 2 heterocycles. The van der Waals surface area contributed by atoms with Crippen molar-refractivity contribution in [1.82, 2.24) is 15.0 Å². The van der Waals surface area contributed by atoms with Crippen LogP contribution in [0.25, 0.3) is 0 Å². The van der Waals surface area contributed by atoms with E-state index < -0.39 is 5.91 Å². The van der Waals surface area contributed by atoms with Gasteiger partial charge in [-0.15, -0.1) is 0 Å². The van der Waals surface area contributed by atoms with Crippen LogP contribution in [0.1, 0.15) is 51.2 Å². The fourth-order valence-corrected chi connectivity index (χ4v) is 2.83. The Morgan fingerprint density at radius 3 is 2.83 bits per heavy atom. The Kier molecular flexibility index (Phi) is 4.10. The molecule has 0 radical (unpaired) electrons. The summed E-state index contributed by atoms with van der Waals surface area (Å²) in [6.07, 6.45) is 1.78. The topological polar surface area (TPSA) is 102 Å². The maximum Gasteiger partial charge on any atom is 0.253 e. The Labute approximate surface area is 133 Å². The normalized spacial score (nSPS) is 18.0. The molecule has 2 N–H and O–H groups in total. The highest BCUT2D eigenvalue weighted by molar-refractivity contribution is 5.99. The van der Waals surface area contributed by atoms with E-state index in [0.29, 0.717) is 35.9 Å². The SMILES string of the molecule is Cc1noc(C2CCCN(C(=O)c3cccc(C(N)=O)c3)C2)n1. The van der Waals surface area contributed by atoms with Gasteiger partial charge in [0.1, 0.15) is 0 Å². The number of aryl methyl sites for hydroxylation is 1. The Hall–Kier alpha value is -2.70. The molecule has 1 saturated heterocycles. The summed E-state index contributed by atoms with van der Waals surface area (Å²) in [5.41, 5.74) is 6.06. The van der Waals surface area contributed by atoms with E-state index in [-0.39, 0.29) is 11.8 Å². The van der Waals surface area contributed by atoms with E-state index in [1.165, 1.54) is 6.07 Å². The van der Waals surface area contributed by atoms with Crippen molar-refractivity contribution < 1.29 is 14.1 Å². The number of nitrogens with zero attached hydrogens (tertiary/aromatic N) is 3. The van der Waals surface area contributed by atoms with Crippen molar-refractivity contribution in [2.45, 2.75) is 25.7 Å². The average Bonchev–Trinajstić information content (AvgIpc) is 3.01. The van der Waals surface area contributed by atoms with Gasteiger partial charge in [0.2, 0.25) is 11.8 Å². The number of amides is 2. The number of hydrogen-bond donors (Lipinski definition) is 1. The summed E-state index contributed by atoms with van der Waals surface area (Å²) in [6.45, 7) is 2.97. The van der Waals surface area contributed by atoms with E-state index in [9.17, 15) is 9.59 Å². The molecule has 1 aliphatic rings. The number of nitrogens with two attached hydrogens (primary N) is 1. The number of primary amides is 1. The van der Waals surface area contributed by atoms with Gasteiger partial charge in [-0.1, -0.05) is 11.2 Å². The summed E-state index contributed by atoms with van der Waals surface area (Å²) in [7, 11) is 0. The summed E-state index contributed by atoms with van der Waals surface area (Å²) in [4.78, 5) is 29.9. The van der Waals surface area contributed by atoms with Crippen LogP contribution in [0.15, 0.2) is 28.8 Å². The zero-order valence-corrected chi connectivity index (χ0v) is 12.9. The quantitative estimate of drug-likeness (QED) is 0.924. The lowest BCUT2D eigenvalue weighted by molar-refractivity contribution is 0.0695. The number of rotatable bonds is 3. The molecule has 0 bridgehead atoms. The molecule has 7 nitrogen and oxygen atoms in total. The molecule has 2 amide bonds. The van der Waals surface area contributed by atoms with Crippen LogP contribution in [0.3, 0.4) is 0 Å². The van der Waals surface area contributed by atoms with Crippen molar-refractivity contribution in [3.63, 3.8) is 0 Å². The number of piperidine rings is 1. The smallest absolute Gasteiger partial charge is 0.253 e. The van der Waals surface area contributed by atoms with Crippen LogP contribution in [0.2, 0.25) is 0 Å². The summed E-state index contributed by atoms with van der Waals surface area (Å²) in [5, 5.41) is 3.81. The van der Waals surface area contributed by atoms with Gasteiger partial charge < -0.3 is 15.2 Å². The molecule has 23 heavy (non-hydrogen) atoms.